The standard InChI is InChI=1S/C13H15ClN2O4S/c1-16-9-15-13(12(16)14)21(17,18)20-11-5-3-10(4-6-11)7-8-19-2/h3-6,9H,7-8H2,1-2H3. The molecule has 1 heterocycles. The highest BCUT2D eigenvalue weighted by Gasteiger charge is 2.24. The second-order valence-corrected chi connectivity index (χ2v) is 6.20. The monoisotopic (exact) mass is 330 g/mol. The van der Waals surface area contributed by atoms with Gasteiger partial charge in [0, 0.05) is 14.2 Å². The molecule has 0 aliphatic rings. The topological polar surface area (TPSA) is 70.4 Å². The molecule has 6 nitrogen and oxygen atoms in total. The van der Waals surface area contributed by atoms with Crippen LogP contribution in [0.25, 0.3) is 0 Å². The van der Waals surface area contributed by atoms with Gasteiger partial charge in [0.1, 0.15) is 5.75 Å². The van der Waals surface area contributed by atoms with Crippen LogP contribution in [0.1, 0.15) is 5.56 Å². The van der Waals surface area contributed by atoms with Crippen molar-refractivity contribution in [1.82, 2.24) is 9.55 Å². The zero-order valence-electron chi connectivity index (χ0n) is 11.6. The van der Waals surface area contributed by atoms with Gasteiger partial charge < -0.3 is 13.5 Å². The van der Waals surface area contributed by atoms with Gasteiger partial charge in [-0.2, -0.15) is 8.42 Å². The molecule has 0 saturated carbocycles. The Hall–Kier alpha value is -1.57. The predicted octanol–water partition coefficient (Wildman–Crippen LogP) is 2.03. The highest BCUT2D eigenvalue weighted by molar-refractivity contribution is 7.87. The van der Waals surface area contributed by atoms with Crippen molar-refractivity contribution in [3.8, 4) is 5.75 Å². The molecule has 8 heteroatoms. The molecule has 0 atom stereocenters. The van der Waals surface area contributed by atoms with Gasteiger partial charge in [0.2, 0.25) is 5.03 Å². The minimum absolute atomic E-state index is 0.00622. The van der Waals surface area contributed by atoms with E-state index in [4.69, 9.17) is 20.5 Å². The molecule has 21 heavy (non-hydrogen) atoms. The molecule has 0 bridgehead atoms. The molecular weight excluding hydrogens is 316 g/mol. The number of aryl methyl sites for hydroxylation is 1. The van der Waals surface area contributed by atoms with E-state index in [1.54, 1.807) is 38.4 Å². The maximum absolute atomic E-state index is 12.1. The van der Waals surface area contributed by atoms with Crippen LogP contribution in [0.5, 0.6) is 5.75 Å². The second kappa shape index (κ2) is 6.46. The van der Waals surface area contributed by atoms with Crippen LogP contribution in [0.15, 0.2) is 35.6 Å². The minimum atomic E-state index is -4.04. The van der Waals surface area contributed by atoms with Gasteiger partial charge in [0.05, 0.1) is 12.9 Å². The molecule has 2 rings (SSSR count). The van der Waals surface area contributed by atoms with Gasteiger partial charge in [-0.1, -0.05) is 23.7 Å². The van der Waals surface area contributed by atoms with Gasteiger partial charge >= 0.3 is 10.1 Å². The van der Waals surface area contributed by atoms with E-state index in [2.05, 4.69) is 4.98 Å². The number of nitrogens with zero attached hydrogens (tertiary/aromatic N) is 2. The largest absolute Gasteiger partial charge is 0.384 e. The molecule has 114 valence electrons. The number of ether oxygens (including phenoxy) is 1. The maximum atomic E-state index is 12.1. The first-order chi connectivity index (χ1) is 9.94. The summed E-state index contributed by atoms with van der Waals surface area (Å²) < 4.78 is 35.6. The highest BCUT2D eigenvalue weighted by Crippen LogP contribution is 2.23. The molecule has 2 aromatic rings. The Morgan fingerprint density at radius 2 is 1.95 bits per heavy atom. The summed E-state index contributed by atoms with van der Waals surface area (Å²) in [5.41, 5.74) is 1.03. The molecule has 0 N–H and O–H groups in total. The lowest BCUT2D eigenvalue weighted by molar-refractivity contribution is 0.202. The average Bonchev–Trinajstić information content (AvgIpc) is 2.78. The van der Waals surface area contributed by atoms with E-state index < -0.39 is 10.1 Å². The van der Waals surface area contributed by atoms with Crippen LogP contribution in [0, 0.1) is 0 Å². The molecule has 0 aliphatic carbocycles. The third kappa shape index (κ3) is 3.75. The first-order valence-corrected chi connectivity index (χ1v) is 7.92. The van der Waals surface area contributed by atoms with Gasteiger partial charge in [0.25, 0.3) is 0 Å². The summed E-state index contributed by atoms with van der Waals surface area (Å²) in [6.45, 7) is 0.599. The third-order valence-electron chi connectivity index (χ3n) is 2.80. The summed E-state index contributed by atoms with van der Waals surface area (Å²) in [5, 5.41) is -0.290. The summed E-state index contributed by atoms with van der Waals surface area (Å²) in [4.78, 5) is 3.74. The number of benzene rings is 1. The van der Waals surface area contributed by atoms with Crippen molar-refractivity contribution >= 4 is 21.7 Å². The van der Waals surface area contributed by atoms with E-state index in [0.717, 1.165) is 12.0 Å². The lowest BCUT2D eigenvalue weighted by Gasteiger charge is -2.06. The number of methoxy groups -OCH3 is 1. The Balaban J connectivity index is 2.15. The van der Waals surface area contributed by atoms with Crippen molar-refractivity contribution < 1.29 is 17.3 Å². The van der Waals surface area contributed by atoms with Crippen molar-refractivity contribution in [3.05, 3.63) is 41.3 Å². The molecule has 0 fully saturated rings. The van der Waals surface area contributed by atoms with Crippen LogP contribution >= 0.6 is 11.6 Å². The van der Waals surface area contributed by atoms with Gasteiger partial charge in [-0.15, -0.1) is 0 Å². The van der Waals surface area contributed by atoms with E-state index in [1.807, 2.05) is 0 Å². The molecule has 0 saturated heterocycles. The zero-order chi connectivity index (χ0) is 15.5. The van der Waals surface area contributed by atoms with Crippen molar-refractivity contribution in [2.24, 2.45) is 7.05 Å². The van der Waals surface area contributed by atoms with E-state index in [9.17, 15) is 8.42 Å². The van der Waals surface area contributed by atoms with Crippen LogP contribution in [-0.4, -0.2) is 31.7 Å². The molecule has 0 spiro atoms. The lowest BCUT2D eigenvalue weighted by Crippen LogP contribution is -2.11. The smallest absolute Gasteiger partial charge is 0.360 e. The summed E-state index contributed by atoms with van der Waals surface area (Å²) >= 11 is 5.87. The Labute approximate surface area is 128 Å². The lowest BCUT2D eigenvalue weighted by atomic mass is 10.1. The van der Waals surface area contributed by atoms with Crippen LogP contribution in [-0.2, 0) is 28.3 Å². The van der Waals surface area contributed by atoms with Gasteiger partial charge in [-0.25, -0.2) is 4.98 Å². The number of hydrogen-bond acceptors (Lipinski definition) is 5. The number of aromatic nitrogens is 2. The van der Waals surface area contributed by atoms with Crippen LogP contribution in [0.2, 0.25) is 5.15 Å². The summed E-state index contributed by atoms with van der Waals surface area (Å²) in [5.74, 6) is 0.206. The van der Waals surface area contributed by atoms with Crippen LogP contribution in [0.3, 0.4) is 0 Å². The van der Waals surface area contributed by atoms with Gasteiger partial charge in [-0.05, 0) is 24.1 Å². The van der Waals surface area contributed by atoms with E-state index >= 15 is 0 Å². The van der Waals surface area contributed by atoms with Gasteiger partial charge in [-0.3, -0.25) is 0 Å². The number of hydrogen-bond donors (Lipinski definition) is 0. The zero-order valence-corrected chi connectivity index (χ0v) is 13.2. The fourth-order valence-corrected chi connectivity index (χ4v) is 3.01. The Morgan fingerprint density at radius 3 is 2.48 bits per heavy atom. The number of imidazole rings is 1. The van der Waals surface area contributed by atoms with Crippen LogP contribution < -0.4 is 4.18 Å². The Bertz CT molecular complexity index is 710. The van der Waals surface area contributed by atoms with E-state index in [-0.39, 0.29) is 15.9 Å². The molecule has 0 unspecified atom stereocenters. The second-order valence-electron chi connectivity index (χ2n) is 4.38. The summed E-state index contributed by atoms with van der Waals surface area (Å²) in [7, 11) is -0.820. The summed E-state index contributed by atoms with van der Waals surface area (Å²) in [6, 6.07) is 6.73. The molecule has 0 amide bonds. The molecule has 0 radical (unpaired) electrons. The quantitative estimate of drug-likeness (QED) is 0.758. The predicted molar refractivity (Wildman–Crippen MR) is 78.1 cm³/mol. The molecular formula is C13H15ClN2O4S. The molecule has 1 aromatic carbocycles. The Morgan fingerprint density at radius 1 is 1.29 bits per heavy atom. The highest BCUT2D eigenvalue weighted by atomic mass is 35.5. The third-order valence-corrected chi connectivity index (χ3v) is 4.54. The Kier molecular flexibility index (Phi) is 4.87. The molecule has 1 aromatic heterocycles. The SMILES string of the molecule is COCCc1ccc(OS(=O)(=O)c2ncn(C)c2Cl)cc1. The first-order valence-electron chi connectivity index (χ1n) is 6.13. The van der Waals surface area contributed by atoms with Crippen molar-refractivity contribution in [2.75, 3.05) is 13.7 Å². The number of rotatable bonds is 6. The van der Waals surface area contributed by atoms with E-state index in [0.29, 0.717) is 6.61 Å². The minimum Gasteiger partial charge on any atom is -0.384 e. The fourth-order valence-electron chi connectivity index (χ4n) is 1.66. The van der Waals surface area contributed by atoms with Crippen LogP contribution in [0.4, 0.5) is 0 Å². The maximum Gasteiger partial charge on any atom is 0.360 e. The fraction of sp³-hybridized carbons (Fsp3) is 0.308. The van der Waals surface area contributed by atoms with Crippen molar-refractivity contribution in [2.45, 2.75) is 11.4 Å². The van der Waals surface area contributed by atoms with Crippen molar-refractivity contribution in [3.63, 3.8) is 0 Å². The normalized spacial score (nSPS) is 11.6. The van der Waals surface area contributed by atoms with Gasteiger partial charge in [0.15, 0.2) is 5.15 Å². The number of halogens is 1. The van der Waals surface area contributed by atoms with Crippen molar-refractivity contribution in [1.29, 1.82) is 0 Å². The summed E-state index contributed by atoms with van der Waals surface area (Å²) in [6.07, 6.45) is 2.06. The first kappa shape index (κ1) is 15.8. The molecule has 0 aliphatic heterocycles. The van der Waals surface area contributed by atoms with E-state index in [1.165, 1.54) is 10.9 Å². The average molecular weight is 331 g/mol.